The Morgan fingerprint density at radius 1 is 1.50 bits per heavy atom. The highest BCUT2D eigenvalue weighted by Gasteiger charge is 2.43. The molecule has 20 heavy (non-hydrogen) atoms. The Hall–Kier alpha value is -0.870. The van der Waals surface area contributed by atoms with Crippen LogP contribution in [0.2, 0.25) is 0 Å². The van der Waals surface area contributed by atoms with Crippen molar-refractivity contribution >= 4 is 0 Å². The minimum absolute atomic E-state index is 0.195. The summed E-state index contributed by atoms with van der Waals surface area (Å²) in [6, 6.07) is 0.961. The highest BCUT2D eigenvalue weighted by molar-refractivity contribution is 5.11. The molecule has 1 N–H and O–H groups in total. The van der Waals surface area contributed by atoms with Crippen LogP contribution < -0.4 is 5.32 Å². The molecule has 3 rings (SSSR count). The van der Waals surface area contributed by atoms with Crippen LogP contribution >= 0.6 is 0 Å². The lowest BCUT2D eigenvalue weighted by Gasteiger charge is -2.47. The molecule has 1 aliphatic heterocycles. The monoisotopic (exact) mass is 277 g/mol. The molecule has 1 spiro atoms. The molecule has 1 aromatic rings. The molecule has 0 aromatic carbocycles. The quantitative estimate of drug-likeness (QED) is 0.898. The molecule has 1 saturated heterocycles. The van der Waals surface area contributed by atoms with E-state index in [-0.39, 0.29) is 5.60 Å². The van der Waals surface area contributed by atoms with E-state index in [9.17, 15) is 0 Å². The summed E-state index contributed by atoms with van der Waals surface area (Å²) >= 11 is 0. The number of hydrogen-bond acceptors (Lipinski definition) is 3. The minimum Gasteiger partial charge on any atom is -0.375 e. The van der Waals surface area contributed by atoms with E-state index < -0.39 is 0 Å². The van der Waals surface area contributed by atoms with E-state index in [0.717, 1.165) is 32.4 Å². The molecular formula is C16H27N3O. The first-order valence-corrected chi connectivity index (χ1v) is 8.18. The highest BCUT2D eigenvalue weighted by atomic mass is 16.5. The van der Waals surface area contributed by atoms with Crippen LogP contribution in [0.4, 0.5) is 0 Å². The Labute approximate surface area is 121 Å². The van der Waals surface area contributed by atoms with Gasteiger partial charge in [-0.25, -0.2) is 0 Å². The molecule has 2 unspecified atom stereocenters. The van der Waals surface area contributed by atoms with Crippen molar-refractivity contribution < 1.29 is 4.74 Å². The first-order valence-electron chi connectivity index (χ1n) is 8.18. The summed E-state index contributed by atoms with van der Waals surface area (Å²) in [7, 11) is 0. The van der Waals surface area contributed by atoms with Crippen LogP contribution in [0.25, 0.3) is 0 Å². The van der Waals surface area contributed by atoms with E-state index in [0.29, 0.717) is 12.1 Å². The van der Waals surface area contributed by atoms with Crippen LogP contribution in [0, 0.1) is 0 Å². The van der Waals surface area contributed by atoms with Crippen molar-refractivity contribution in [1.29, 1.82) is 0 Å². The third-order valence-electron chi connectivity index (χ3n) is 4.99. The third kappa shape index (κ3) is 2.63. The molecule has 2 atom stereocenters. The first kappa shape index (κ1) is 14.1. The van der Waals surface area contributed by atoms with E-state index >= 15 is 0 Å². The molecule has 1 aliphatic carbocycles. The Morgan fingerprint density at radius 3 is 3.00 bits per heavy atom. The van der Waals surface area contributed by atoms with Crippen molar-refractivity contribution in [1.82, 2.24) is 15.1 Å². The number of nitrogens with zero attached hydrogens (tertiary/aromatic N) is 2. The smallest absolute Gasteiger partial charge is 0.0703 e. The van der Waals surface area contributed by atoms with Crippen LogP contribution in [0.3, 0.4) is 0 Å². The minimum atomic E-state index is 0.195. The molecule has 112 valence electrons. The molecule has 0 amide bonds. The SMILES string of the molecule is CCNC(CC)c1cnn(C2CCOC3(CCC3)C2)c1. The largest absolute Gasteiger partial charge is 0.375 e. The Bertz CT molecular complexity index is 439. The molecule has 0 bridgehead atoms. The summed E-state index contributed by atoms with van der Waals surface area (Å²) < 4.78 is 8.21. The van der Waals surface area contributed by atoms with Gasteiger partial charge >= 0.3 is 0 Å². The van der Waals surface area contributed by atoms with Gasteiger partial charge in [0, 0.05) is 24.4 Å². The fraction of sp³-hybridized carbons (Fsp3) is 0.812. The lowest BCUT2D eigenvalue weighted by Crippen LogP contribution is -2.46. The van der Waals surface area contributed by atoms with E-state index in [1.165, 1.54) is 24.8 Å². The van der Waals surface area contributed by atoms with Gasteiger partial charge in [0.1, 0.15) is 0 Å². The molecule has 0 radical (unpaired) electrons. The maximum Gasteiger partial charge on any atom is 0.0703 e. The van der Waals surface area contributed by atoms with E-state index in [1.807, 2.05) is 6.20 Å². The van der Waals surface area contributed by atoms with E-state index in [1.54, 1.807) is 0 Å². The van der Waals surface area contributed by atoms with Crippen molar-refractivity contribution in [2.75, 3.05) is 13.2 Å². The van der Waals surface area contributed by atoms with E-state index in [2.05, 4.69) is 35.1 Å². The van der Waals surface area contributed by atoms with Crippen LogP contribution in [0.1, 0.15) is 70.0 Å². The normalized spacial score (nSPS) is 26.4. The van der Waals surface area contributed by atoms with Crippen molar-refractivity contribution in [2.45, 2.75) is 70.1 Å². The number of hydrogen-bond donors (Lipinski definition) is 1. The van der Waals surface area contributed by atoms with Gasteiger partial charge in [-0.05, 0) is 45.1 Å². The Balaban J connectivity index is 1.69. The summed E-state index contributed by atoms with van der Waals surface area (Å²) in [5.74, 6) is 0. The zero-order valence-corrected chi connectivity index (χ0v) is 12.8. The Kier molecular flexibility index (Phi) is 4.13. The molecule has 2 fully saturated rings. The third-order valence-corrected chi connectivity index (χ3v) is 4.99. The summed E-state index contributed by atoms with van der Waals surface area (Å²) in [5, 5.41) is 8.16. The topological polar surface area (TPSA) is 39.1 Å². The van der Waals surface area contributed by atoms with Crippen molar-refractivity contribution in [3.63, 3.8) is 0 Å². The number of rotatable bonds is 5. The second-order valence-electron chi connectivity index (χ2n) is 6.30. The zero-order valence-electron chi connectivity index (χ0n) is 12.8. The molecule has 2 heterocycles. The van der Waals surface area contributed by atoms with Crippen molar-refractivity contribution in [3.05, 3.63) is 18.0 Å². The maximum absolute atomic E-state index is 6.01. The number of nitrogens with one attached hydrogen (secondary N) is 1. The highest BCUT2D eigenvalue weighted by Crippen LogP contribution is 2.45. The van der Waals surface area contributed by atoms with Gasteiger partial charge in [-0.1, -0.05) is 13.8 Å². The molecular weight excluding hydrogens is 250 g/mol. The summed E-state index contributed by atoms with van der Waals surface area (Å²) in [6.07, 6.45) is 11.5. The molecule has 2 aliphatic rings. The summed E-state index contributed by atoms with van der Waals surface area (Å²) in [4.78, 5) is 0. The molecule has 1 saturated carbocycles. The van der Waals surface area contributed by atoms with Gasteiger partial charge in [0.2, 0.25) is 0 Å². The standard InChI is InChI=1S/C16H27N3O/c1-3-15(17-4-2)13-11-18-19(12-13)14-6-9-20-16(10-14)7-5-8-16/h11-12,14-15,17H,3-10H2,1-2H3. The predicted octanol–water partition coefficient (Wildman–Crippen LogP) is 3.22. The maximum atomic E-state index is 6.01. The lowest BCUT2D eigenvalue weighted by molar-refractivity contribution is -0.141. The molecule has 4 heteroatoms. The van der Waals surface area contributed by atoms with Gasteiger partial charge < -0.3 is 10.1 Å². The average Bonchev–Trinajstić information content (AvgIpc) is 2.93. The van der Waals surface area contributed by atoms with Gasteiger partial charge in [0.25, 0.3) is 0 Å². The van der Waals surface area contributed by atoms with Crippen molar-refractivity contribution in [3.8, 4) is 0 Å². The lowest BCUT2D eigenvalue weighted by atomic mass is 9.74. The van der Waals surface area contributed by atoms with Crippen LogP contribution in [0.15, 0.2) is 12.4 Å². The zero-order chi connectivity index (χ0) is 14.0. The summed E-state index contributed by atoms with van der Waals surface area (Å²) in [6.45, 7) is 6.28. The number of ether oxygens (including phenoxy) is 1. The second-order valence-corrected chi connectivity index (χ2v) is 6.30. The van der Waals surface area contributed by atoms with Gasteiger partial charge in [-0.2, -0.15) is 5.10 Å². The average molecular weight is 277 g/mol. The van der Waals surface area contributed by atoms with Gasteiger partial charge in [-0.3, -0.25) is 4.68 Å². The van der Waals surface area contributed by atoms with Gasteiger partial charge in [0.05, 0.1) is 17.8 Å². The Morgan fingerprint density at radius 2 is 2.35 bits per heavy atom. The fourth-order valence-electron chi connectivity index (χ4n) is 3.62. The van der Waals surface area contributed by atoms with Gasteiger partial charge in [0.15, 0.2) is 0 Å². The number of aromatic nitrogens is 2. The van der Waals surface area contributed by atoms with Crippen LogP contribution in [-0.2, 0) is 4.74 Å². The first-order chi connectivity index (χ1) is 9.76. The second kappa shape index (κ2) is 5.86. The van der Waals surface area contributed by atoms with E-state index in [4.69, 9.17) is 4.74 Å². The van der Waals surface area contributed by atoms with Crippen molar-refractivity contribution in [2.24, 2.45) is 0 Å². The summed E-state index contributed by atoms with van der Waals surface area (Å²) in [5.41, 5.74) is 1.52. The predicted molar refractivity (Wildman–Crippen MR) is 79.7 cm³/mol. The van der Waals surface area contributed by atoms with Gasteiger partial charge in [-0.15, -0.1) is 0 Å². The molecule has 4 nitrogen and oxygen atoms in total. The molecule has 1 aromatic heterocycles. The van der Waals surface area contributed by atoms with Crippen LogP contribution in [-0.4, -0.2) is 28.5 Å². The van der Waals surface area contributed by atoms with Crippen LogP contribution in [0.5, 0.6) is 0 Å². The fourth-order valence-corrected chi connectivity index (χ4v) is 3.62.